The van der Waals surface area contributed by atoms with Crippen LogP contribution in [0.5, 0.6) is 0 Å². The molecule has 1 aromatic heterocycles. The average molecular weight is 185 g/mol. The molecule has 0 atom stereocenters. The molecule has 0 N–H and O–H groups in total. The molecule has 0 unspecified atom stereocenters. The fourth-order valence-corrected chi connectivity index (χ4v) is 1.27. The quantitative estimate of drug-likeness (QED) is 0.720. The molecule has 0 saturated heterocycles. The number of aryl methyl sites for hydroxylation is 1. The first-order chi connectivity index (χ1) is 6.79. The predicted octanol–water partition coefficient (Wildman–Crippen LogP) is 2.71. The van der Waals surface area contributed by atoms with Gasteiger partial charge in [0.15, 0.2) is 5.76 Å². The van der Waals surface area contributed by atoms with Crippen LogP contribution in [0.2, 0.25) is 0 Å². The Hall–Kier alpha value is -1.83. The highest BCUT2D eigenvalue weighted by Gasteiger charge is 2.03. The standard InChI is InChI=1S/C12H9O2/c1-9-2-4-10(5-3-9)12-7-6-11(8-13)14-12/h2-7H,1H3. The Bertz CT molecular complexity index is 438. The van der Waals surface area contributed by atoms with Crippen LogP contribution in [0.1, 0.15) is 11.3 Å². The van der Waals surface area contributed by atoms with Crippen LogP contribution in [-0.2, 0) is 4.79 Å². The van der Waals surface area contributed by atoms with Crippen LogP contribution in [0.25, 0.3) is 11.3 Å². The number of benzene rings is 1. The summed E-state index contributed by atoms with van der Waals surface area (Å²) in [4.78, 5) is 10.3. The summed E-state index contributed by atoms with van der Waals surface area (Å²) in [5, 5.41) is 0. The smallest absolute Gasteiger partial charge is 0.271 e. The van der Waals surface area contributed by atoms with E-state index in [9.17, 15) is 4.79 Å². The van der Waals surface area contributed by atoms with E-state index in [0.717, 1.165) is 5.56 Å². The third kappa shape index (κ3) is 1.59. The van der Waals surface area contributed by atoms with Crippen molar-refractivity contribution in [3.63, 3.8) is 0 Å². The summed E-state index contributed by atoms with van der Waals surface area (Å²) in [6.07, 6.45) is 1.71. The summed E-state index contributed by atoms with van der Waals surface area (Å²) >= 11 is 0. The lowest BCUT2D eigenvalue weighted by Gasteiger charge is -1.96. The van der Waals surface area contributed by atoms with Gasteiger partial charge in [0.1, 0.15) is 5.76 Å². The number of furan rings is 1. The van der Waals surface area contributed by atoms with E-state index in [1.807, 2.05) is 31.2 Å². The highest BCUT2D eigenvalue weighted by molar-refractivity contribution is 5.73. The van der Waals surface area contributed by atoms with Gasteiger partial charge in [0.2, 0.25) is 0 Å². The van der Waals surface area contributed by atoms with Crippen LogP contribution < -0.4 is 0 Å². The molecular formula is C12H9O2. The minimum Gasteiger partial charge on any atom is -0.452 e. The Balaban J connectivity index is 2.39. The van der Waals surface area contributed by atoms with Gasteiger partial charge in [-0.3, -0.25) is 4.79 Å². The van der Waals surface area contributed by atoms with Crippen LogP contribution >= 0.6 is 0 Å². The van der Waals surface area contributed by atoms with E-state index in [2.05, 4.69) is 0 Å². The number of hydrogen-bond donors (Lipinski definition) is 0. The molecule has 0 amide bonds. The van der Waals surface area contributed by atoms with E-state index in [-0.39, 0.29) is 5.76 Å². The molecule has 0 fully saturated rings. The highest BCUT2D eigenvalue weighted by atomic mass is 16.3. The lowest BCUT2D eigenvalue weighted by atomic mass is 10.1. The predicted molar refractivity (Wildman–Crippen MR) is 53.7 cm³/mol. The molecule has 0 bridgehead atoms. The number of hydrogen-bond acceptors (Lipinski definition) is 2. The monoisotopic (exact) mass is 185 g/mol. The molecule has 2 rings (SSSR count). The molecule has 0 aliphatic rings. The molecule has 0 saturated carbocycles. The first kappa shape index (κ1) is 8.75. The van der Waals surface area contributed by atoms with Crippen molar-refractivity contribution in [2.75, 3.05) is 0 Å². The van der Waals surface area contributed by atoms with Gasteiger partial charge >= 0.3 is 0 Å². The average Bonchev–Trinajstić information content (AvgIpc) is 2.67. The van der Waals surface area contributed by atoms with Gasteiger partial charge in [-0.2, -0.15) is 0 Å². The van der Waals surface area contributed by atoms with Crippen molar-refractivity contribution in [3.05, 3.63) is 47.7 Å². The molecular weight excluding hydrogens is 176 g/mol. The maximum absolute atomic E-state index is 10.3. The van der Waals surface area contributed by atoms with Gasteiger partial charge in [-0.25, -0.2) is 0 Å². The van der Waals surface area contributed by atoms with Crippen LogP contribution in [-0.4, -0.2) is 6.29 Å². The van der Waals surface area contributed by atoms with Gasteiger partial charge in [-0.1, -0.05) is 29.8 Å². The zero-order valence-electron chi connectivity index (χ0n) is 7.78. The van der Waals surface area contributed by atoms with Crippen LogP contribution in [0.3, 0.4) is 0 Å². The third-order valence-corrected chi connectivity index (χ3v) is 2.04. The normalized spacial score (nSPS) is 10.1. The van der Waals surface area contributed by atoms with Gasteiger partial charge in [0.05, 0.1) is 0 Å². The molecule has 1 heterocycles. The topological polar surface area (TPSA) is 30.2 Å². The second kappa shape index (κ2) is 3.50. The fourth-order valence-electron chi connectivity index (χ4n) is 1.27. The van der Waals surface area contributed by atoms with Crippen molar-refractivity contribution < 1.29 is 9.21 Å². The second-order valence-electron chi connectivity index (χ2n) is 3.13. The molecule has 14 heavy (non-hydrogen) atoms. The molecule has 0 aliphatic heterocycles. The van der Waals surface area contributed by atoms with E-state index in [1.54, 1.807) is 18.4 Å². The van der Waals surface area contributed by atoms with Crippen molar-refractivity contribution in [1.82, 2.24) is 0 Å². The number of rotatable bonds is 2. The molecule has 0 spiro atoms. The lowest BCUT2D eigenvalue weighted by Crippen LogP contribution is -1.75. The van der Waals surface area contributed by atoms with Gasteiger partial charge in [-0.15, -0.1) is 0 Å². The van der Waals surface area contributed by atoms with Crippen LogP contribution in [0.4, 0.5) is 0 Å². The summed E-state index contributed by atoms with van der Waals surface area (Å²) in [7, 11) is 0. The van der Waals surface area contributed by atoms with Crippen molar-refractivity contribution in [3.8, 4) is 11.3 Å². The Labute approximate surface area is 82.2 Å². The molecule has 69 valence electrons. The third-order valence-electron chi connectivity index (χ3n) is 2.04. The van der Waals surface area contributed by atoms with Crippen molar-refractivity contribution in [2.24, 2.45) is 0 Å². The van der Waals surface area contributed by atoms with Gasteiger partial charge in [0.25, 0.3) is 6.29 Å². The summed E-state index contributed by atoms with van der Waals surface area (Å²) < 4.78 is 5.24. The zero-order valence-corrected chi connectivity index (χ0v) is 7.78. The summed E-state index contributed by atoms with van der Waals surface area (Å²) in [6.45, 7) is 2.02. The van der Waals surface area contributed by atoms with Crippen molar-refractivity contribution in [1.29, 1.82) is 0 Å². The first-order valence-electron chi connectivity index (χ1n) is 4.34. The maximum Gasteiger partial charge on any atom is 0.271 e. The van der Waals surface area contributed by atoms with Crippen LogP contribution in [0, 0.1) is 6.92 Å². The van der Waals surface area contributed by atoms with Crippen molar-refractivity contribution in [2.45, 2.75) is 6.92 Å². The summed E-state index contributed by atoms with van der Waals surface area (Å²) in [5.74, 6) is 0.934. The van der Waals surface area contributed by atoms with E-state index in [4.69, 9.17) is 4.42 Å². The van der Waals surface area contributed by atoms with Crippen LogP contribution in [0.15, 0.2) is 40.8 Å². The Kier molecular flexibility index (Phi) is 2.19. The van der Waals surface area contributed by atoms with Gasteiger partial charge in [0, 0.05) is 5.56 Å². The van der Waals surface area contributed by atoms with Crippen molar-refractivity contribution >= 4 is 6.29 Å². The van der Waals surface area contributed by atoms with Gasteiger partial charge < -0.3 is 4.42 Å². The second-order valence-corrected chi connectivity index (χ2v) is 3.13. The fraction of sp³-hybridized carbons (Fsp3) is 0.0833. The SMILES string of the molecule is Cc1ccc(-c2ccc([C]=O)o2)cc1. The molecule has 2 nitrogen and oxygen atoms in total. The summed E-state index contributed by atoms with van der Waals surface area (Å²) in [5.41, 5.74) is 2.17. The summed E-state index contributed by atoms with van der Waals surface area (Å²) in [6, 6.07) is 11.3. The highest BCUT2D eigenvalue weighted by Crippen LogP contribution is 2.21. The van der Waals surface area contributed by atoms with E-state index in [1.165, 1.54) is 5.56 Å². The molecule has 2 aromatic rings. The number of carbonyl (C=O) groups excluding carboxylic acids is 1. The van der Waals surface area contributed by atoms with E-state index in [0.29, 0.717) is 5.76 Å². The molecule has 2 heteroatoms. The van der Waals surface area contributed by atoms with Gasteiger partial charge in [-0.05, 0) is 19.1 Å². The zero-order chi connectivity index (χ0) is 9.97. The molecule has 1 radical (unpaired) electrons. The first-order valence-corrected chi connectivity index (χ1v) is 4.34. The maximum atomic E-state index is 10.3. The van der Waals surface area contributed by atoms with E-state index >= 15 is 0 Å². The Morgan fingerprint density at radius 3 is 2.36 bits per heavy atom. The largest absolute Gasteiger partial charge is 0.452 e. The Morgan fingerprint density at radius 2 is 1.79 bits per heavy atom. The van der Waals surface area contributed by atoms with E-state index < -0.39 is 0 Å². The molecule has 1 aromatic carbocycles. The molecule has 0 aliphatic carbocycles. The minimum absolute atomic E-state index is 0.237. The lowest BCUT2D eigenvalue weighted by molar-refractivity contribution is 0.525. The minimum atomic E-state index is 0.237. The Morgan fingerprint density at radius 1 is 1.07 bits per heavy atom.